The molecule has 7 nitrogen and oxygen atoms in total. The van der Waals surface area contributed by atoms with E-state index in [1.807, 2.05) is 0 Å². The molecule has 0 aliphatic rings. The fraction of sp³-hybridized carbons (Fsp3) is 0.818. The number of carboxylic acid groups (broad SMARTS) is 1. The minimum Gasteiger partial charge on any atom is -0.480 e. The third kappa shape index (κ3) is 7.12. The van der Waals surface area contributed by atoms with E-state index in [4.69, 9.17) is 5.11 Å². The van der Waals surface area contributed by atoms with E-state index in [0.29, 0.717) is 6.42 Å². The lowest BCUT2D eigenvalue weighted by Gasteiger charge is -2.19. The van der Waals surface area contributed by atoms with Crippen LogP contribution in [0.4, 0.5) is 0 Å². The third-order valence-electron chi connectivity index (χ3n) is 2.67. The molecule has 0 aromatic rings. The molecule has 0 aliphatic heterocycles. The molecule has 0 unspecified atom stereocenters. The van der Waals surface area contributed by atoms with E-state index in [9.17, 15) is 18.0 Å². The van der Waals surface area contributed by atoms with E-state index in [2.05, 4.69) is 9.46 Å². The molecule has 8 heteroatoms. The predicted octanol–water partition coefficient (Wildman–Crippen LogP) is 0.358. The van der Waals surface area contributed by atoms with Crippen LogP contribution in [0.1, 0.15) is 33.6 Å². The Morgan fingerprint density at radius 2 is 1.89 bits per heavy atom. The van der Waals surface area contributed by atoms with Crippen LogP contribution in [0.3, 0.4) is 0 Å². The fourth-order valence-corrected chi connectivity index (χ4v) is 2.62. The number of carboxylic acids is 1. The first-order chi connectivity index (χ1) is 8.73. The minimum absolute atomic E-state index is 0.178. The van der Waals surface area contributed by atoms with Gasteiger partial charge in [-0.15, -0.1) is 0 Å². The molecule has 0 rings (SSSR count). The number of aliphatic carboxylic acids is 1. The van der Waals surface area contributed by atoms with Crippen LogP contribution in [-0.4, -0.2) is 43.9 Å². The van der Waals surface area contributed by atoms with Crippen molar-refractivity contribution in [2.24, 2.45) is 5.92 Å². The molecular formula is C11H21NO6S. The Morgan fingerprint density at radius 3 is 2.32 bits per heavy atom. The summed E-state index contributed by atoms with van der Waals surface area (Å²) in [6.45, 7) is 5.21. The number of sulfonamides is 1. The van der Waals surface area contributed by atoms with Crippen LogP contribution in [-0.2, 0) is 24.3 Å². The van der Waals surface area contributed by atoms with Gasteiger partial charge in [-0.2, -0.15) is 0 Å². The van der Waals surface area contributed by atoms with Gasteiger partial charge in [0, 0.05) is 0 Å². The van der Waals surface area contributed by atoms with Crippen molar-refractivity contribution in [2.75, 3.05) is 12.4 Å². The van der Waals surface area contributed by atoms with Gasteiger partial charge in [-0.05, 0) is 12.8 Å². The number of esters is 1. The molecule has 0 aromatic heterocycles. The summed E-state index contributed by atoms with van der Waals surface area (Å²) in [5.74, 6) is -2.67. The molecule has 0 radical (unpaired) electrons. The maximum atomic E-state index is 11.7. The van der Waals surface area contributed by atoms with Gasteiger partial charge in [0.1, 0.15) is 6.04 Å². The van der Waals surface area contributed by atoms with Crippen molar-refractivity contribution in [1.82, 2.24) is 4.72 Å². The third-order valence-corrected chi connectivity index (χ3v) is 4.02. The van der Waals surface area contributed by atoms with Gasteiger partial charge in [0.05, 0.1) is 18.8 Å². The van der Waals surface area contributed by atoms with Gasteiger partial charge in [0.15, 0.2) is 0 Å². The summed E-state index contributed by atoms with van der Waals surface area (Å²) < 4.78 is 30.1. The number of ether oxygens (including phenoxy) is 1. The molecule has 0 saturated carbocycles. The normalized spacial score (nSPS) is 14.7. The molecule has 0 spiro atoms. The smallest absolute Gasteiger partial charge is 0.322 e. The zero-order valence-corrected chi connectivity index (χ0v) is 12.2. The van der Waals surface area contributed by atoms with Crippen molar-refractivity contribution in [1.29, 1.82) is 0 Å². The molecule has 112 valence electrons. The SMILES string of the molecule is CCOC(=O)CCS(=O)(=O)N[C@H](C(=O)O)[C@@H](C)CC. The Hall–Kier alpha value is -1.15. The second-order valence-electron chi connectivity index (χ2n) is 4.19. The van der Waals surface area contributed by atoms with E-state index in [0.717, 1.165) is 0 Å². The highest BCUT2D eigenvalue weighted by Crippen LogP contribution is 2.09. The second-order valence-corrected chi connectivity index (χ2v) is 6.07. The average molecular weight is 295 g/mol. The van der Waals surface area contributed by atoms with Crippen molar-refractivity contribution < 1.29 is 27.9 Å². The first-order valence-corrected chi connectivity index (χ1v) is 7.77. The molecule has 0 aromatic carbocycles. The summed E-state index contributed by atoms with van der Waals surface area (Å²) in [6, 6.07) is -1.18. The van der Waals surface area contributed by atoms with Crippen molar-refractivity contribution in [3.8, 4) is 0 Å². The predicted molar refractivity (Wildman–Crippen MR) is 69.1 cm³/mol. The van der Waals surface area contributed by atoms with Gasteiger partial charge in [0.2, 0.25) is 10.0 Å². The van der Waals surface area contributed by atoms with Crippen molar-refractivity contribution in [2.45, 2.75) is 39.7 Å². The van der Waals surface area contributed by atoms with E-state index in [-0.39, 0.29) is 18.9 Å². The maximum Gasteiger partial charge on any atom is 0.322 e. The number of hydrogen-bond acceptors (Lipinski definition) is 5. The topological polar surface area (TPSA) is 110 Å². The summed E-state index contributed by atoms with van der Waals surface area (Å²) in [6.07, 6.45) is 0.230. The lowest BCUT2D eigenvalue weighted by molar-refractivity contribution is -0.142. The van der Waals surface area contributed by atoms with E-state index < -0.39 is 33.8 Å². The largest absolute Gasteiger partial charge is 0.480 e. The standard InChI is InChI=1S/C11H21NO6S/c1-4-8(3)10(11(14)15)12-19(16,17)7-6-9(13)18-5-2/h8,10,12H,4-7H2,1-3H3,(H,14,15)/t8-,10-/m0/s1. The molecule has 0 aliphatic carbocycles. The average Bonchev–Trinajstić information content (AvgIpc) is 2.33. The quantitative estimate of drug-likeness (QED) is 0.594. The van der Waals surface area contributed by atoms with Gasteiger partial charge in [-0.1, -0.05) is 20.3 Å². The zero-order chi connectivity index (χ0) is 15.1. The number of nitrogens with one attached hydrogen (secondary N) is 1. The molecular weight excluding hydrogens is 274 g/mol. The monoisotopic (exact) mass is 295 g/mol. The van der Waals surface area contributed by atoms with Crippen LogP contribution in [0.15, 0.2) is 0 Å². The van der Waals surface area contributed by atoms with Crippen LogP contribution in [0.2, 0.25) is 0 Å². The highest BCUT2D eigenvalue weighted by Gasteiger charge is 2.28. The van der Waals surface area contributed by atoms with Gasteiger partial charge in [-0.25, -0.2) is 13.1 Å². The van der Waals surface area contributed by atoms with Crippen molar-refractivity contribution in [3.63, 3.8) is 0 Å². The van der Waals surface area contributed by atoms with Gasteiger partial charge in [0.25, 0.3) is 0 Å². The summed E-state index contributed by atoms with van der Waals surface area (Å²) in [5.41, 5.74) is 0. The van der Waals surface area contributed by atoms with Crippen LogP contribution in [0, 0.1) is 5.92 Å². The highest BCUT2D eigenvalue weighted by molar-refractivity contribution is 7.89. The lowest BCUT2D eigenvalue weighted by atomic mass is 10.0. The first kappa shape index (κ1) is 17.8. The minimum atomic E-state index is -3.83. The number of carbonyl (C=O) groups excluding carboxylic acids is 1. The molecule has 2 N–H and O–H groups in total. The summed E-state index contributed by atoms with van der Waals surface area (Å²) in [5, 5.41) is 8.98. The molecule has 0 fully saturated rings. The van der Waals surface area contributed by atoms with E-state index in [1.165, 1.54) is 0 Å². The Kier molecular flexibility index (Phi) is 7.62. The highest BCUT2D eigenvalue weighted by atomic mass is 32.2. The zero-order valence-electron chi connectivity index (χ0n) is 11.4. The van der Waals surface area contributed by atoms with Crippen molar-refractivity contribution >= 4 is 22.0 Å². The van der Waals surface area contributed by atoms with E-state index in [1.54, 1.807) is 20.8 Å². The Labute approximate surface area is 113 Å². The molecule has 0 heterocycles. The summed E-state index contributed by atoms with van der Waals surface area (Å²) >= 11 is 0. The van der Waals surface area contributed by atoms with Crippen LogP contribution >= 0.6 is 0 Å². The van der Waals surface area contributed by atoms with Gasteiger partial charge >= 0.3 is 11.9 Å². The molecule has 0 amide bonds. The Bertz CT molecular complexity index is 405. The summed E-state index contributed by atoms with van der Waals surface area (Å²) in [7, 11) is -3.83. The number of rotatable bonds is 9. The number of carbonyl (C=O) groups is 2. The molecule has 0 bridgehead atoms. The molecule has 2 atom stereocenters. The Balaban J connectivity index is 4.56. The second kappa shape index (κ2) is 8.11. The van der Waals surface area contributed by atoms with Gasteiger partial charge in [-0.3, -0.25) is 9.59 Å². The number of hydrogen-bond donors (Lipinski definition) is 2. The van der Waals surface area contributed by atoms with E-state index >= 15 is 0 Å². The molecule has 0 saturated heterocycles. The summed E-state index contributed by atoms with van der Waals surface area (Å²) in [4.78, 5) is 22.1. The molecule has 19 heavy (non-hydrogen) atoms. The first-order valence-electron chi connectivity index (χ1n) is 6.11. The van der Waals surface area contributed by atoms with Gasteiger partial charge < -0.3 is 9.84 Å². The maximum absolute atomic E-state index is 11.7. The van der Waals surface area contributed by atoms with Crippen molar-refractivity contribution in [3.05, 3.63) is 0 Å². The van der Waals surface area contributed by atoms with Crippen LogP contribution < -0.4 is 4.72 Å². The fourth-order valence-electron chi connectivity index (χ4n) is 1.35. The van der Waals surface area contributed by atoms with Crippen LogP contribution in [0.25, 0.3) is 0 Å². The Morgan fingerprint density at radius 1 is 1.32 bits per heavy atom. The van der Waals surface area contributed by atoms with Crippen LogP contribution in [0.5, 0.6) is 0 Å². The lowest BCUT2D eigenvalue weighted by Crippen LogP contribution is -2.45.